The van der Waals surface area contributed by atoms with Crippen molar-refractivity contribution in [2.45, 2.75) is 19.5 Å². The van der Waals surface area contributed by atoms with E-state index in [-0.39, 0.29) is 0 Å². The summed E-state index contributed by atoms with van der Waals surface area (Å²) in [4.78, 5) is 2.41. The van der Waals surface area contributed by atoms with Gasteiger partial charge in [0.1, 0.15) is 11.6 Å². The van der Waals surface area contributed by atoms with E-state index in [1.165, 1.54) is 0 Å². The van der Waals surface area contributed by atoms with E-state index in [2.05, 4.69) is 31.8 Å². The van der Waals surface area contributed by atoms with Gasteiger partial charge in [0.25, 0.3) is 0 Å². The van der Waals surface area contributed by atoms with Crippen molar-refractivity contribution in [1.29, 1.82) is 0 Å². The van der Waals surface area contributed by atoms with Crippen LogP contribution in [0.5, 0.6) is 0 Å². The summed E-state index contributed by atoms with van der Waals surface area (Å²) in [6.07, 6.45) is 2.65. The maximum absolute atomic E-state index is 5.45. The Balaban J connectivity index is 1.54. The fourth-order valence-electron chi connectivity index (χ4n) is 2.95. The van der Waals surface area contributed by atoms with Crippen molar-refractivity contribution in [2.24, 2.45) is 0 Å². The van der Waals surface area contributed by atoms with Crippen LogP contribution in [0.1, 0.15) is 11.6 Å². The Morgan fingerprint density at radius 3 is 2.68 bits per heavy atom. The molecule has 0 bridgehead atoms. The maximum Gasteiger partial charge on any atom is 0.164 e. The van der Waals surface area contributed by atoms with Crippen molar-refractivity contribution in [3.05, 3.63) is 60.3 Å². The second kappa shape index (κ2) is 5.77. The molecule has 5 heteroatoms. The summed E-state index contributed by atoms with van der Waals surface area (Å²) >= 11 is 0. The van der Waals surface area contributed by atoms with E-state index < -0.39 is 0 Å². The molecule has 1 aromatic carbocycles. The Morgan fingerprint density at radius 1 is 0.955 bits per heavy atom. The predicted octanol–water partition coefficient (Wildman–Crippen LogP) is 2.60. The van der Waals surface area contributed by atoms with Gasteiger partial charge in [0.15, 0.2) is 5.82 Å². The van der Waals surface area contributed by atoms with Crippen LogP contribution in [-0.4, -0.2) is 32.8 Å². The fraction of sp³-hybridized carbons (Fsp3) is 0.294. The smallest absolute Gasteiger partial charge is 0.164 e. The number of benzene rings is 1. The summed E-state index contributed by atoms with van der Waals surface area (Å²) in [6, 6.07) is 14.2. The van der Waals surface area contributed by atoms with Gasteiger partial charge in [-0.2, -0.15) is 0 Å². The second-order valence-electron chi connectivity index (χ2n) is 5.56. The molecule has 0 saturated carbocycles. The lowest BCUT2D eigenvalue weighted by molar-refractivity contribution is 0.248. The highest BCUT2D eigenvalue weighted by Gasteiger charge is 2.19. The molecule has 3 heterocycles. The van der Waals surface area contributed by atoms with Crippen LogP contribution < -0.4 is 0 Å². The summed E-state index contributed by atoms with van der Waals surface area (Å²) < 4.78 is 7.70. The first-order valence-electron chi connectivity index (χ1n) is 7.62. The average molecular weight is 294 g/mol. The Hall–Kier alpha value is -2.40. The lowest BCUT2D eigenvalue weighted by Gasteiger charge is -2.17. The minimum Gasteiger partial charge on any atom is -0.468 e. The summed E-state index contributed by atoms with van der Waals surface area (Å²) in [5, 5.41) is 8.77. The first kappa shape index (κ1) is 13.3. The van der Waals surface area contributed by atoms with E-state index in [4.69, 9.17) is 4.42 Å². The molecule has 112 valence electrons. The highest BCUT2D eigenvalue weighted by Crippen LogP contribution is 2.20. The molecule has 0 unspecified atom stereocenters. The molecule has 0 spiro atoms. The fourth-order valence-corrected chi connectivity index (χ4v) is 2.95. The van der Waals surface area contributed by atoms with Crippen molar-refractivity contribution in [3.8, 4) is 11.4 Å². The normalized spacial score (nSPS) is 15.5. The van der Waals surface area contributed by atoms with E-state index >= 15 is 0 Å². The summed E-state index contributed by atoms with van der Waals surface area (Å²) in [7, 11) is 0. The lowest BCUT2D eigenvalue weighted by Crippen LogP contribution is -2.26. The third-order valence-electron chi connectivity index (χ3n) is 4.11. The summed E-state index contributed by atoms with van der Waals surface area (Å²) in [5.74, 6) is 3.05. The Bertz CT molecular complexity index is 733. The quantitative estimate of drug-likeness (QED) is 0.745. The third-order valence-corrected chi connectivity index (χ3v) is 4.11. The Morgan fingerprint density at radius 2 is 1.86 bits per heavy atom. The van der Waals surface area contributed by atoms with Crippen LogP contribution in [-0.2, 0) is 19.5 Å². The molecule has 1 aliphatic heterocycles. The van der Waals surface area contributed by atoms with Crippen molar-refractivity contribution in [2.75, 3.05) is 13.1 Å². The molecular weight excluding hydrogens is 276 g/mol. The van der Waals surface area contributed by atoms with E-state index in [1.54, 1.807) is 6.26 Å². The van der Waals surface area contributed by atoms with Gasteiger partial charge in [-0.15, -0.1) is 10.2 Å². The maximum atomic E-state index is 5.45. The highest BCUT2D eigenvalue weighted by molar-refractivity contribution is 5.55. The molecule has 0 aliphatic carbocycles. The second-order valence-corrected chi connectivity index (χ2v) is 5.56. The Labute approximate surface area is 129 Å². The molecular formula is C17H18N4O. The zero-order chi connectivity index (χ0) is 14.8. The third kappa shape index (κ3) is 2.55. The molecule has 0 amide bonds. The zero-order valence-corrected chi connectivity index (χ0v) is 12.4. The predicted molar refractivity (Wildman–Crippen MR) is 83.1 cm³/mol. The number of fused-ring (bicyclic) bond motifs is 1. The standard InChI is InChI=1S/C17H18N4O/c1-2-5-14(6-3-1)17-19-18-16-8-9-20(10-11-21(16)17)13-15-7-4-12-22-15/h1-7,12H,8-11,13H2. The minimum absolute atomic E-state index is 0.853. The van der Waals surface area contributed by atoms with Gasteiger partial charge in [-0.05, 0) is 12.1 Å². The lowest BCUT2D eigenvalue weighted by atomic mass is 10.2. The molecule has 1 aliphatic rings. The SMILES string of the molecule is c1ccc(-c2nnc3n2CCN(Cc2ccco2)CC3)cc1. The zero-order valence-electron chi connectivity index (χ0n) is 12.4. The van der Waals surface area contributed by atoms with Gasteiger partial charge in [-0.1, -0.05) is 30.3 Å². The molecule has 4 rings (SSSR count). The van der Waals surface area contributed by atoms with Crippen LogP contribution in [0.15, 0.2) is 53.1 Å². The molecule has 0 atom stereocenters. The molecule has 0 saturated heterocycles. The van der Waals surface area contributed by atoms with Crippen LogP contribution >= 0.6 is 0 Å². The summed E-state index contributed by atoms with van der Waals surface area (Å²) in [5.41, 5.74) is 1.13. The highest BCUT2D eigenvalue weighted by atomic mass is 16.3. The number of hydrogen-bond donors (Lipinski definition) is 0. The van der Waals surface area contributed by atoms with Gasteiger partial charge >= 0.3 is 0 Å². The van der Waals surface area contributed by atoms with Crippen LogP contribution in [0, 0.1) is 0 Å². The van der Waals surface area contributed by atoms with Crippen molar-refractivity contribution in [3.63, 3.8) is 0 Å². The topological polar surface area (TPSA) is 47.1 Å². The number of aromatic nitrogens is 3. The number of furan rings is 1. The van der Waals surface area contributed by atoms with Gasteiger partial charge in [-0.25, -0.2) is 0 Å². The first-order valence-corrected chi connectivity index (χ1v) is 7.62. The summed E-state index contributed by atoms with van der Waals surface area (Å²) in [6.45, 7) is 3.72. The van der Waals surface area contributed by atoms with Crippen molar-refractivity contribution >= 4 is 0 Å². The molecule has 22 heavy (non-hydrogen) atoms. The first-order chi connectivity index (χ1) is 10.9. The van der Waals surface area contributed by atoms with Crippen molar-refractivity contribution in [1.82, 2.24) is 19.7 Å². The number of nitrogens with zero attached hydrogens (tertiary/aromatic N) is 4. The number of rotatable bonds is 3. The number of hydrogen-bond acceptors (Lipinski definition) is 4. The van der Waals surface area contributed by atoms with Crippen LogP contribution in [0.25, 0.3) is 11.4 Å². The Kier molecular flexibility index (Phi) is 3.48. The van der Waals surface area contributed by atoms with E-state index in [0.717, 1.165) is 55.6 Å². The molecule has 5 nitrogen and oxygen atoms in total. The van der Waals surface area contributed by atoms with Crippen molar-refractivity contribution < 1.29 is 4.42 Å². The van der Waals surface area contributed by atoms with Gasteiger partial charge in [0.05, 0.1) is 12.8 Å². The molecule has 0 fully saturated rings. The minimum atomic E-state index is 0.853. The molecule has 0 N–H and O–H groups in total. The largest absolute Gasteiger partial charge is 0.468 e. The average Bonchev–Trinajstić information content (AvgIpc) is 3.16. The van der Waals surface area contributed by atoms with Crippen LogP contribution in [0.3, 0.4) is 0 Å². The van der Waals surface area contributed by atoms with E-state index in [0.29, 0.717) is 0 Å². The van der Waals surface area contributed by atoms with Gasteiger partial charge in [-0.3, -0.25) is 4.90 Å². The molecule has 3 aromatic rings. The van der Waals surface area contributed by atoms with E-state index in [1.807, 2.05) is 30.3 Å². The van der Waals surface area contributed by atoms with Crippen LogP contribution in [0.4, 0.5) is 0 Å². The van der Waals surface area contributed by atoms with Gasteiger partial charge in [0.2, 0.25) is 0 Å². The monoisotopic (exact) mass is 294 g/mol. The van der Waals surface area contributed by atoms with E-state index in [9.17, 15) is 0 Å². The van der Waals surface area contributed by atoms with Gasteiger partial charge < -0.3 is 8.98 Å². The van der Waals surface area contributed by atoms with Crippen LogP contribution in [0.2, 0.25) is 0 Å². The molecule has 2 aromatic heterocycles. The van der Waals surface area contributed by atoms with Gasteiger partial charge in [0, 0.05) is 31.6 Å². The molecule has 0 radical (unpaired) electrons.